The average Bonchev–Trinajstić information content (AvgIpc) is 3.41. The number of benzene rings is 1. The zero-order chi connectivity index (χ0) is 22.9. The van der Waals surface area contributed by atoms with Gasteiger partial charge in [-0.3, -0.25) is 9.69 Å². The minimum Gasteiger partial charge on any atom is -0.309 e. The highest BCUT2D eigenvalue weighted by atomic mass is 32.2. The molecule has 1 amide bonds. The minimum absolute atomic E-state index is 0.0870. The summed E-state index contributed by atoms with van der Waals surface area (Å²) in [4.78, 5) is 18.6. The van der Waals surface area contributed by atoms with Gasteiger partial charge in [-0.1, -0.05) is 23.9 Å². The Morgan fingerprint density at radius 1 is 1.34 bits per heavy atom. The fourth-order valence-corrected chi connectivity index (χ4v) is 7.41. The Balaban J connectivity index is 1.42. The number of hydrogen-bond acceptors (Lipinski definition) is 8. The molecule has 0 radical (unpaired) electrons. The summed E-state index contributed by atoms with van der Waals surface area (Å²) in [5, 5.41) is 11.9. The Labute approximate surface area is 196 Å². The summed E-state index contributed by atoms with van der Waals surface area (Å²) in [5.41, 5.74) is 2.74. The van der Waals surface area contributed by atoms with Gasteiger partial charge in [0.25, 0.3) is 0 Å². The molecule has 0 unspecified atom stereocenters. The van der Waals surface area contributed by atoms with Crippen LogP contribution in [0.3, 0.4) is 0 Å². The van der Waals surface area contributed by atoms with Crippen molar-refractivity contribution in [2.75, 3.05) is 16.4 Å². The molecule has 1 aromatic carbocycles. The summed E-state index contributed by atoms with van der Waals surface area (Å²) in [7, 11) is -0.994. The number of aryl methyl sites for hydroxylation is 1. The zero-order valence-electron chi connectivity index (χ0n) is 18.2. The molecular weight excluding hydrogens is 466 g/mol. The average molecular weight is 492 g/mol. The van der Waals surface area contributed by atoms with Gasteiger partial charge in [0.05, 0.1) is 22.9 Å². The van der Waals surface area contributed by atoms with E-state index in [1.807, 2.05) is 48.2 Å². The van der Waals surface area contributed by atoms with E-state index in [0.29, 0.717) is 23.7 Å². The van der Waals surface area contributed by atoms with Crippen LogP contribution in [0, 0.1) is 12.8 Å². The lowest BCUT2D eigenvalue weighted by molar-refractivity contribution is -0.115. The van der Waals surface area contributed by atoms with Crippen LogP contribution in [0.2, 0.25) is 0 Å². The Bertz CT molecular complexity index is 1240. The maximum absolute atomic E-state index is 12.3. The molecule has 1 atom stereocenters. The van der Waals surface area contributed by atoms with E-state index >= 15 is 0 Å². The van der Waals surface area contributed by atoms with Crippen molar-refractivity contribution in [1.82, 2.24) is 19.7 Å². The van der Waals surface area contributed by atoms with Gasteiger partial charge >= 0.3 is 0 Å². The summed E-state index contributed by atoms with van der Waals surface area (Å²) in [6.45, 7) is 3.53. The first-order chi connectivity index (χ1) is 15.2. The molecule has 0 aliphatic carbocycles. The van der Waals surface area contributed by atoms with Crippen LogP contribution in [0.15, 0.2) is 34.8 Å². The molecule has 3 heterocycles. The molecule has 0 saturated carbocycles. The molecule has 32 heavy (non-hydrogen) atoms. The molecule has 0 spiro atoms. The first-order valence-electron chi connectivity index (χ1n) is 10.2. The maximum Gasteiger partial charge on any atom is 0.230 e. The molecule has 1 fully saturated rings. The number of sulfone groups is 1. The molecular formula is C21H25N5O3S3. The van der Waals surface area contributed by atoms with Crippen LogP contribution in [0.25, 0.3) is 0 Å². The lowest BCUT2D eigenvalue weighted by Crippen LogP contribution is -2.22. The number of carbonyl (C=O) groups excluding carboxylic acids is 1. The van der Waals surface area contributed by atoms with Gasteiger partial charge in [-0.25, -0.2) is 13.4 Å². The first-order valence-corrected chi connectivity index (χ1v) is 13.9. The van der Waals surface area contributed by atoms with E-state index in [4.69, 9.17) is 0 Å². The number of aromatic nitrogens is 4. The van der Waals surface area contributed by atoms with E-state index in [2.05, 4.69) is 15.2 Å². The van der Waals surface area contributed by atoms with Crippen LogP contribution in [0.1, 0.15) is 30.4 Å². The topological polar surface area (TPSA) is 98.1 Å². The van der Waals surface area contributed by atoms with Crippen molar-refractivity contribution in [3.63, 3.8) is 0 Å². The normalized spacial score (nSPS) is 17.5. The van der Waals surface area contributed by atoms with Crippen LogP contribution in [-0.2, 0) is 33.9 Å². The molecule has 0 N–H and O–H groups in total. The standard InChI is InChI=1S/C21H25N5O3S3/c1-14-5-4-6-18(9-14)26(15(2)27)20-22-17(11-30-20)12-31-21-24-23-19(25(21)3)10-16-7-8-32(28,29)13-16/h4-6,9,11,16H,7-8,10,12-13H2,1-3H3/t16-/m1/s1. The highest BCUT2D eigenvalue weighted by Crippen LogP contribution is 2.31. The zero-order valence-corrected chi connectivity index (χ0v) is 20.6. The van der Waals surface area contributed by atoms with Crippen LogP contribution in [-0.4, -0.2) is 45.6 Å². The van der Waals surface area contributed by atoms with E-state index in [9.17, 15) is 13.2 Å². The molecule has 170 valence electrons. The Morgan fingerprint density at radius 3 is 2.84 bits per heavy atom. The van der Waals surface area contributed by atoms with Gasteiger partial charge in [-0.15, -0.1) is 21.5 Å². The van der Waals surface area contributed by atoms with Gasteiger partial charge in [0, 0.05) is 31.5 Å². The SMILES string of the molecule is CC(=O)N(c1cccc(C)c1)c1nc(CSc2nnc(C[C@H]3CCS(=O)(=O)C3)n2C)cs1. The van der Waals surface area contributed by atoms with Crippen LogP contribution in [0.5, 0.6) is 0 Å². The lowest BCUT2D eigenvalue weighted by Gasteiger charge is -2.18. The Hall–Kier alpha value is -2.24. The lowest BCUT2D eigenvalue weighted by atomic mass is 10.1. The smallest absolute Gasteiger partial charge is 0.230 e. The van der Waals surface area contributed by atoms with E-state index in [1.54, 1.807) is 4.90 Å². The summed E-state index contributed by atoms with van der Waals surface area (Å²) in [6, 6.07) is 7.79. The van der Waals surface area contributed by atoms with E-state index in [-0.39, 0.29) is 23.3 Å². The van der Waals surface area contributed by atoms with Gasteiger partial charge in [0.1, 0.15) is 5.82 Å². The van der Waals surface area contributed by atoms with E-state index in [1.165, 1.54) is 30.0 Å². The predicted octanol–water partition coefficient (Wildman–Crippen LogP) is 3.53. The summed E-state index contributed by atoms with van der Waals surface area (Å²) in [5.74, 6) is 1.92. The van der Waals surface area contributed by atoms with Gasteiger partial charge < -0.3 is 4.57 Å². The van der Waals surface area contributed by atoms with Crippen molar-refractivity contribution < 1.29 is 13.2 Å². The van der Waals surface area contributed by atoms with Crippen molar-refractivity contribution >= 4 is 49.7 Å². The number of amides is 1. The maximum atomic E-state index is 12.3. The van der Waals surface area contributed by atoms with Gasteiger partial charge in [-0.2, -0.15) is 0 Å². The number of rotatable bonds is 7. The van der Waals surface area contributed by atoms with E-state index < -0.39 is 9.84 Å². The second-order valence-electron chi connectivity index (χ2n) is 8.03. The van der Waals surface area contributed by atoms with Crippen molar-refractivity contribution in [2.45, 2.75) is 37.6 Å². The summed E-state index contributed by atoms with van der Waals surface area (Å²) < 4.78 is 25.3. The third kappa shape index (κ3) is 5.21. The highest BCUT2D eigenvalue weighted by Gasteiger charge is 2.29. The molecule has 1 saturated heterocycles. The van der Waals surface area contributed by atoms with Crippen molar-refractivity contribution in [2.24, 2.45) is 13.0 Å². The monoisotopic (exact) mass is 491 g/mol. The first kappa shape index (κ1) is 22.9. The quantitative estimate of drug-likeness (QED) is 0.466. The second-order valence-corrected chi connectivity index (χ2v) is 12.0. The molecule has 2 aromatic heterocycles. The Morgan fingerprint density at radius 2 is 2.16 bits per heavy atom. The van der Waals surface area contributed by atoms with Gasteiger partial charge in [-0.05, 0) is 37.0 Å². The van der Waals surface area contributed by atoms with Crippen LogP contribution in [0.4, 0.5) is 10.8 Å². The van der Waals surface area contributed by atoms with Crippen molar-refractivity contribution in [1.29, 1.82) is 0 Å². The number of carbonyl (C=O) groups is 1. The number of thioether (sulfide) groups is 1. The minimum atomic E-state index is -2.90. The van der Waals surface area contributed by atoms with Gasteiger partial charge in [0.15, 0.2) is 20.1 Å². The molecule has 4 rings (SSSR count). The highest BCUT2D eigenvalue weighted by molar-refractivity contribution is 7.98. The summed E-state index contributed by atoms with van der Waals surface area (Å²) >= 11 is 2.96. The number of nitrogens with zero attached hydrogens (tertiary/aromatic N) is 5. The van der Waals surface area contributed by atoms with Crippen molar-refractivity contribution in [3.05, 3.63) is 46.7 Å². The second kappa shape index (κ2) is 9.32. The number of anilines is 2. The van der Waals surface area contributed by atoms with Crippen LogP contribution >= 0.6 is 23.1 Å². The molecule has 3 aromatic rings. The fraction of sp³-hybridized carbons (Fsp3) is 0.429. The third-order valence-corrected chi connectivity index (χ3v) is 9.14. The van der Waals surface area contributed by atoms with E-state index in [0.717, 1.165) is 27.9 Å². The molecule has 1 aliphatic heterocycles. The number of hydrogen-bond donors (Lipinski definition) is 0. The third-order valence-electron chi connectivity index (χ3n) is 5.38. The molecule has 11 heteroatoms. The molecule has 1 aliphatic rings. The van der Waals surface area contributed by atoms with Gasteiger partial charge in [0.2, 0.25) is 5.91 Å². The van der Waals surface area contributed by atoms with Crippen LogP contribution < -0.4 is 4.90 Å². The summed E-state index contributed by atoms with van der Waals surface area (Å²) in [6.07, 6.45) is 1.31. The fourth-order valence-electron chi connectivity index (χ4n) is 3.74. The molecule has 0 bridgehead atoms. The Kier molecular flexibility index (Phi) is 6.68. The van der Waals surface area contributed by atoms with Crippen molar-refractivity contribution in [3.8, 4) is 0 Å². The molecule has 8 nitrogen and oxygen atoms in total. The largest absolute Gasteiger partial charge is 0.309 e. The number of thiazole rings is 1. The predicted molar refractivity (Wildman–Crippen MR) is 127 cm³/mol.